The van der Waals surface area contributed by atoms with Crippen LogP contribution >= 0.6 is 11.8 Å². The van der Waals surface area contributed by atoms with Gasteiger partial charge in [0, 0.05) is 0 Å². The Balaban J connectivity index is 2.03. The molecule has 3 heteroatoms. The average molecular weight is 439 g/mol. The standard InChI is InChI=1S/C28H38O2S/c1-2-3-4-5-6-7-8-9-10-11-12-13-14-15-16-17-18-22-25-31-27(28(29)30)26-23-20-19-21-24-26/h3-4,6-7,9-10,12-13,15-16,19-21,23-24,27H,2,5,8,11,14,17-18,22,25H2,1H3,(H,29,30)/b4-3-,7-6-,10-9-,13-12-,16-15-. The van der Waals surface area contributed by atoms with E-state index in [1.807, 2.05) is 30.3 Å². The molecule has 0 aromatic heterocycles. The molecule has 0 aliphatic heterocycles. The highest BCUT2D eigenvalue weighted by Crippen LogP contribution is 2.29. The SMILES string of the molecule is CC/C=C\C/C=C\C/C=C\C/C=C\C/C=C\CCCCSC(C(=O)O)c1ccccc1. The molecule has 0 bridgehead atoms. The Morgan fingerprint density at radius 1 is 0.806 bits per heavy atom. The maximum atomic E-state index is 11.5. The van der Waals surface area contributed by atoms with Crippen molar-refractivity contribution >= 4 is 17.7 Å². The van der Waals surface area contributed by atoms with E-state index < -0.39 is 11.2 Å². The lowest BCUT2D eigenvalue weighted by Gasteiger charge is -2.12. The van der Waals surface area contributed by atoms with Crippen molar-refractivity contribution in [3.8, 4) is 0 Å². The highest BCUT2D eigenvalue weighted by molar-refractivity contribution is 8.00. The largest absolute Gasteiger partial charge is 0.480 e. The Morgan fingerprint density at radius 3 is 1.84 bits per heavy atom. The molecule has 0 aliphatic rings. The molecule has 0 saturated carbocycles. The molecule has 1 aromatic carbocycles. The minimum absolute atomic E-state index is 0.463. The van der Waals surface area contributed by atoms with Crippen molar-refractivity contribution < 1.29 is 9.90 Å². The van der Waals surface area contributed by atoms with Crippen molar-refractivity contribution in [1.82, 2.24) is 0 Å². The van der Waals surface area contributed by atoms with E-state index in [1.165, 1.54) is 11.8 Å². The van der Waals surface area contributed by atoms with E-state index in [0.29, 0.717) is 0 Å². The van der Waals surface area contributed by atoms with Crippen LogP contribution in [0.25, 0.3) is 0 Å². The van der Waals surface area contributed by atoms with Crippen molar-refractivity contribution in [3.05, 3.63) is 96.7 Å². The number of carboxylic acid groups (broad SMARTS) is 1. The van der Waals surface area contributed by atoms with Crippen LogP contribution in [0.5, 0.6) is 0 Å². The first-order valence-corrected chi connectivity index (χ1v) is 12.4. The summed E-state index contributed by atoms with van der Waals surface area (Å²) in [6.07, 6.45) is 30.4. The highest BCUT2D eigenvalue weighted by atomic mass is 32.2. The van der Waals surface area contributed by atoms with Gasteiger partial charge in [-0.2, -0.15) is 0 Å². The zero-order valence-corrected chi connectivity index (χ0v) is 19.7. The maximum absolute atomic E-state index is 11.5. The molecule has 0 fully saturated rings. The number of hydrogen-bond donors (Lipinski definition) is 1. The van der Waals surface area contributed by atoms with Crippen molar-refractivity contribution in [1.29, 1.82) is 0 Å². The van der Waals surface area contributed by atoms with Crippen LogP contribution in [-0.2, 0) is 4.79 Å². The van der Waals surface area contributed by atoms with Gasteiger partial charge in [-0.15, -0.1) is 11.8 Å². The highest BCUT2D eigenvalue weighted by Gasteiger charge is 2.19. The number of rotatable bonds is 17. The number of allylic oxidation sites excluding steroid dienone is 10. The van der Waals surface area contributed by atoms with Gasteiger partial charge in [0.05, 0.1) is 0 Å². The summed E-state index contributed by atoms with van der Waals surface area (Å²) in [5.41, 5.74) is 0.873. The zero-order valence-electron chi connectivity index (χ0n) is 18.9. The molecule has 1 atom stereocenters. The van der Waals surface area contributed by atoms with E-state index in [0.717, 1.165) is 62.7 Å². The van der Waals surface area contributed by atoms with Crippen molar-refractivity contribution in [2.24, 2.45) is 0 Å². The number of aliphatic carboxylic acids is 1. The van der Waals surface area contributed by atoms with E-state index >= 15 is 0 Å². The Bertz CT molecular complexity index is 714. The van der Waals surface area contributed by atoms with Gasteiger partial charge in [-0.25, -0.2) is 0 Å². The zero-order chi connectivity index (χ0) is 22.4. The number of carbonyl (C=O) groups is 1. The van der Waals surface area contributed by atoms with Crippen LogP contribution in [0.15, 0.2) is 91.1 Å². The van der Waals surface area contributed by atoms with E-state index in [-0.39, 0.29) is 0 Å². The predicted octanol–water partition coefficient (Wildman–Crippen LogP) is 8.47. The summed E-state index contributed by atoms with van der Waals surface area (Å²) in [6.45, 7) is 2.15. The molecule has 168 valence electrons. The fourth-order valence-electron chi connectivity index (χ4n) is 2.87. The summed E-state index contributed by atoms with van der Waals surface area (Å²) in [5, 5.41) is 8.97. The number of benzene rings is 1. The maximum Gasteiger partial charge on any atom is 0.321 e. The number of thioether (sulfide) groups is 1. The molecule has 1 N–H and O–H groups in total. The van der Waals surface area contributed by atoms with Crippen LogP contribution in [-0.4, -0.2) is 16.8 Å². The van der Waals surface area contributed by atoms with E-state index in [2.05, 4.69) is 67.7 Å². The second-order valence-corrected chi connectivity index (χ2v) is 8.42. The molecule has 1 aromatic rings. The van der Waals surface area contributed by atoms with Gasteiger partial charge in [-0.1, -0.05) is 98.0 Å². The lowest BCUT2D eigenvalue weighted by molar-refractivity contribution is -0.136. The molecule has 0 spiro atoms. The first-order chi connectivity index (χ1) is 15.3. The third kappa shape index (κ3) is 15.2. The summed E-state index contributed by atoms with van der Waals surface area (Å²) >= 11 is 1.52. The van der Waals surface area contributed by atoms with Crippen molar-refractivity contribution in [2.75, 3.05) is 5.75 Å². The lowest BCUT2D eigenvalue weighted by atomic mass is 10.1. The van der Waals surface area contributed by atoms with Crippen LogP contribution in [0, 0.1) is 0 Å². The Hall–Kier alpha value is -2.26. The van der Waals surface area contributed by atoms with Gasteiger partial charge in [-0.05, 0) is 62.7 Å². The van der Waals surface area contributed by atoms with Crippen LogP contribution in [0.4, 0.5) is 0 Å². The quantitative estimate of drug-likeness (QED) is 0.196. The third-order valence-corrected chi connectivity index (χ3v) is 5.87. The molecular weight excluding hydrogens is 400 g/mol. The molecule has 1 unspecified atom stereocenters. The smallest absolute Gasteiger partial charge is 0.321 e. The number of hydrogen-bond acceptors (Lipinski definition) is 2. The molecule has 0 amide bonds. The van der Waals surface area contributed by atoms with Gasteiger partial charge >= 0.3 is 5.97 Å². The molecule has 31 heavy (non-hydrogen) atoms. The van der Waals surface area contributed by atoms with Crippen molar-refractivity contribution in [2.45, 2.75) is 63.5 Å². The Labute approximate surface area is 193 Å². The molecule has 0 aliphatic carbocycles. The van der Waals surface area contributed by atoms with E-state index in [1.54, 1.807) is 0 Å². The summed E-state index contributed by atoms with van der Waals surface area (Å²) in [4.78, 5) is 11.5. The van der Waals surface area contributed by atoms with Crippen LogP contribution in [0.1, 0.15) is 69.1 Å². The summed E-state index contributed by atoms with van der Waals surface area (Å²) in [5.74, 6) is 0.116. The summed E-state index contributed by atoms with van der Waals surface area (Å²) in [7, 11) is 0. The van der Waals surface area contributed by atoms with Gasteiger partial charge in [0.1, 0.15) is 5.25 Å². The van der Waals surface area contributed by atoms with Crippen LogP contribution in [0.3, 0.4) is 0 Å². The first kappa shape index (κ1) is 26.8. The van der Waals surface area contributed by atoms with Crippen LogP contribution < -0.4 is 0 Å². The minimum atomic E-state index is -0.756. The summed E-state index contributed by atoms with van der Waals surface area (Å²) < 4.78 is 0. The monoisotopic (exact) mass is 438 g/mol. The fourth-order valence-corrected chi connectivity index (χ4v) is 3.97. The van der Waals surface area contributed by atoms with Gasteiger partial charge in [-0.3, -0.25) is 4.79 Å². The molecular formula is C28H38O2S. The van der Waals surface area contributed by atoms with Gasteiger partial charge in [0.15, 0.2) is 0 Å². The van der Waals surface area contributed by atoms with Gasteiger partial charge in [0.2, 0.25) is 0 Å². The van der Waals surface area contributed by atoms with E-state index in [9.17, 15) is 9.90 Å². The molecule has 0 heterocycles. The summed E-state index contributed by atoms with van der Waals surface area (Å²) in [6, 6.07) is 9.49. The van der Waals surface area contributed by atoms with Gasteiger partial charge in [0.25, 0.3) is 0 Å². The normalized spacial score (nSPS) is 13.5. The number of unbranched alkanes of at least 4 members (excludes halogenated alkanes) is 2. The van der Waals surface area contributed by atoms with Crippen LogP contribution in [0.2, 0.25) is 0 Å². The van der Waals surface area contributed by atoms with Crippen molar-refractivity contribution in [3.63, 3.8) is 0 Å². The topological polar surface area (TPSA) is 37.3 Å². The molecule has 0 radical (unpaired) electrons. The Kier molecular flexibility index (Phi) is 17.0. The van der Waals surface area contributed by atoms with Gasteiger partial charge < -0.3 is 5.11 Å². The second kappa shape index (κ2) is 19.7. The van der Waals surface area contributed by atoms with E-state index in [4.69, 9.17) is 0 Å². The fraction of sp³-hybridized carbons (Fsp3) is 0.393. The Morgan fingerprint density at radius 2 is 1.32 bits per heavy atom. The molecule has 1 rings (SSSR count). The number of carboxylic acids is 1. The molecule has 0 saturated heterocycles. The minimum Gasteiger partial charge on any atom is -0.480 e. The third-order valence-electron chi connectivity index (χ3n) is 4.53. The first-order valence-electron chi connectivity index (χ1n) is 11.4. The second-order valence-electron chi connectivity index (χ2n) is 7.20. The average Bonchev–Trinajstić information content (AvgIpc) is 2.78. The predicted molar refractivity (Wildman–Crippen MR) is 138 cm³/mol. The lowest BCUT2D eigenvalue weighted by Crippen LogP contribution is -2.08. The molecule has 2 nitrogen and oxygen atoms in total.